The normalized spacial score (nSPS) is 11.2. The van der Waals surface area contributed by atoms with Crippen LogP contribution in [0.4, 0.5) is 5.69 Å². The third-order valence-corrected chi connectivity index (χ3v) is 5.96. The van der Waals surface area contributed by atoms with Crippen LogP contribution in [0.25, 0.3) is 33.2 Å². The van der Waals surface area contributed by atoms with Crippen molar-refractivity contribution in [3.63, 3.8) is 0 Å². The fourth-order valence-electron chi connectivity index (χ4n) is 4.27. The minimum Gasteiger partial charge on any atom is -0.496 e. The van der Waals surface area contributed by atoms with Gasteiger partial charge < -0.3 is 14.6 Å². The molecular formula is C26H24N4O2. The Morgan fingerprint density at radius 3 is 2.53 bits per heavy atom. The van der Waals surface area contributed by atoms with Crippen LogP contribution in [0, 0.1) is 6.92 Å². The first-order valence-electron chi connectivity index (χ1n) is 10.4. The van der Waals surface area contributed by atoms with Crippen molar-refractivity contribution < 1.29 is 9.53 Å². The van der Waals surface area contributed by atoms with Gasteiger partial charge in [0, 0.05) is 41.6 Å². The lowest BCUT2D eigenvalue weighted by atomic mass is 10.1. The van der Waals surface area contributed by atoms with Crippen LogP contribution in [0.2, 0.25) is 0 Å². The molecule has 1 amide bonds. The first-order valence-corrected chi connectivity index (χ1v) is 10.4. The van der Waals surface area contributed by atoms with Crippen molar-refractivity contribution in [2.75, 3.05) is 12.4 Å². The van der Waals surface area contributed by atoms with E-state index >= 15 is 0 Å². The maximum atomic E-state index is 13.0. The van der Waals surface area contributed by atoms with E-state index < -0.39 is 0 Å². The first kappa shape index (κ1) is 19.9. The van der Waals surface area contributed by atoms with Crippen molar-refractivity contribution in [2.45, 2.75) is 6.92 Å². The van der Waals surface area contributed by atoms with Crippen LogP contribution in [0.3, 0.4) is 0 Å². The van der Waals surface area contributed by atoms with Gasteiger partial charge >= 0.3 is 0 Å². The number of fused-ring (bicyclic) bond motifs is 2. The Labute approximate surface area is 186 Å². The lowest BCUT2D eigenvalue weighted by molar-refractivity contribution is 0.102. The summed E-state index contributed by atoms with van der Waals surface area (Å²) >= 11 is 0. The number of anilines is 1. The van der Waals surface area contributed by atoms with Gasteiger partial charge in [0.1, 0.15) is 11.4 Å². The van der Waals surface area contributed by atoms with Crippen LogP contribution in [0.1, 0.15) is 15.9 Å². The zero-order valence-corrected chi connectivity index (χ0v) is 18.5. The van der Waals surface area contributed by atoms with Crippen molar-refractivity contribution in [1.29, 1.82) is 0 Å². The molecule has 0 fully saturated rings. The van der Waals surface area contributed by atoms with Crippen molar-refractivity contribution in [3.05, 3.63) is 77.9 Å². The predicted octanol–water partition coefficient (Wildman–Crippen LogP) is 5.30. The maximum Gasteiger partial charge on any atom is 0.255 e. The summed E-state index contributed by atoms with van der Waals surface area (Å²) in [5.74, 6) is 0.627. The quantitative estimate of drug-likeness (QED) is 0.426. The van der Waals surface area contributed by atoms with Gasteiger partial charge in [0.15, 0.2) is 0 Å². The summed E-state index contributed by atoms with van der Waals surface area (Å²) in [5, 5.41) is 9.87. The second kappa shape index (κ2) is 7.57. The number of amides is 1. The van der Waals surface area contributed by atoms with Gasteiger partial charge in [-0.15, -0.1) is 0 Å². The lowest BCUT2D eigenvalue weighted by Crippen LogP contribution is -2.12. The van der Waals surface area contributed by atoms with Crippen molar-refractivity contribution in [3.8, 4) is 17.1 Å². The molecule has 5 rings (SSSR count). The summed E-state index contributed by atoms with van der Waals surface area (Å²) in [4.78, 5) is 13.0. The summed E-state index contributed by atoms with van der Waals surface area (Å²) in [6.45, 7) is 1.95. The molecule has 5 aromatic rings. The molecule has 0 saturated heterocycles. The molecule has 0 aliphatic carbocycles. The number of methoxy groups -OCH3 is 1. The fourth-order valence-corrected chi connectivity index (χ4v) is 4.27. The van der Waals surface area contributed by atoms with Gasteiger partial charge in [-0.1, -0.05) is 18.2 Å². The highest BCUT2D eigenvalue weighted by Crippen LogP contribution is 2.32. The van der Waals surface area contributed by atoms with E-state index in [0.29, 0.717) is 5.56 Å². The average Bonchev–Trinajstić information content (AvgIpc) is 3.30. The second-order valence-corrected chi connectivity index (χ2v) is 7.99. The van der Waals surface area contributed by atoms with E-state index in [1.807, 2.05) is 74.2 Å². The Morgan fingerprint density at radius 1 is 0.969 bits per heavy atom. The molecule has 160 valence electrons. The molecular weight excluding hydrogens is 400 g/mol. The van der Waals surface area contributed by atoms with Crippen molar-refractivity contribution in [2.24, 2.45) is 14.1 Å². The van der Waals surface area contributed by atoms with Gasteiger partial charge in [0.2, 0.25) is 0 Å². The van der Waals surface area contributed by atoms with Gasteiger partial charge in [-0.3, -0.25) is 9.48 Å². The molecule has 0 aliphatic rings. The molecule has 6 nitrogen and oxygen atoms in total. The Balaban J connectivity index is 1.55. The summed E-state index contributed by atoms with van der Waals surface area (Å²) in [5.41, 5.74) is 6.27. The Hall–Kier alpha value is -4.06. The number of carbonyl (C=O) groups is 1. The molecule has 0 spiro atoms. The highest BCUT2D eigenvalue weighted by atomic mass is 16.5. The number of nitrogens with zero attached hydrogens (tertiary/aromatic N) is 3. The molecule has 2 aromatic heterocycles. The van der Waals surface area contributed by atoms with Crippen LogP contribution in [-0.2, 0) is 14.1 Å². The van der Waals surface area contributed by atoms with Crippen molar-refractivity contribution >= 4 is 33.4 Å². The van der Waals surface area contributed by atoms with Gasteiger partial charge in [0.05, 0.1) is 18.3 Å². The van der Waals surface area contributed by atoms with E-state index in [1.165, 1.54) is 0 Å². The molecule has 0 atom stereocenters. The SMILES string of the molecule is COc1ccc(NC(=O)c2ccc3c(c2)c(-c2cc4ccccc4n2C)nn3C)cc1C. The Bertz CT molecular complexity index is 1490. The Morgan fingerprint density at radius 2 is 1.78 bits per heavy atom. The van der Waals surface area contributed by atoms with Crippen LogP contribution in [0.5, 0.6) is 5.75 Å². The Kier molecular flexibility index (Phi) is 4.70. The average molecular weight is 425 g/mol. The van der Waals surface area contributed by atoms with Gasteiger partial charge in [0.25, 0.3) is 5.91 Å². The zero-order chi connectivity index (χ0) is 22.4. The molecule has 6 heteroatoms. The number of para-hydroxylation sites is 1. The standard InChI is InChI=1S/C26H24N4O2/c1-16-13-19(10-12-24(16)32-4)27-26(31)18-9-11-22-20(14-18)25(28-30(22)3)23-15-17-7-5-6-8-21(17)29(23)2/h5-15H,1-4H3,(H,27,31). The molecule has 32 heavy (non-hydrogen) atoms. The van der Waals surface area contributed by atoms with Gasteiger partial charge in [-0.25, -0.2) is 0 Å². The predicted molar refractivity (Wildman–Crippen MR) is 128 cm³/mol. The highest BCUT2D eigenvalue weighted by molar-refractivity contribution is 6.08. The smallest absolute Gasteiger partial charge is 0.255 e. The largest absolute Gasteiger partial charge is 0.496 e. The molecule has 0 aliphatic heterocycles. The monoisotopic (exact) mass is 424 g/mol. The maximum absolute atomic E-state index is 13.0. The third kappa shape index (κ3) is 3.21. The molecule has 0 bridgehead atoms. The molecule has 3 aromatic carbocycles. The number of carbonyl (C=O) groups excluding carboxylic acids is 1. The summed E-state index contributed by atoms with van der Waals surface area (Å²) in [7, 11) is 5.60. The summed E-state index contributed by atoms with van der Waals surface area (Å²) in [6, 6.07) is 21.7. The number of rotatable bonds is 4. The van der Waals surface area contributed by atoms with Crippen LogP contribution in [0.15, 0.2) is 66.7 Å². The lowest BCUT2D eigenvalue weighted by Gasteiger charge is -2.09. The van der Waals surface area contributed by atoms with E-state index in [0.717, 1.165) is 50.2 Å². The van der Waals surface area contributed by atoms with E-state index in [4.69, 9.17) is 9.84 Å². The van der Waals surface area contributed by atoms with Crippen molar-refractivity contribution in [1.82, 2.24) is 14.3 Å². The topological polar surface area (TPSA) is 61.1 Å². The number of hydrogen-bond donors (Lipinski definition) is 1. The number of benzene rings is 3. The van der Waals surface area contributed by atoms with E-state index in [-0.39, 0.29) is 5.91 Å². The highest BCUT2D eigenvalue weighted by Gasteiger charge is 2.17. The number of hydrogen-bond acceptors (Lipinski definition) is 3. The van der Waals surface area contributed by atoms with Gasteiger partial charge in [-0.2, -0.15) is 5.10 Å². The van der Waals surface area contributed by atoms with E-state index in [2.05, 4.69) is 28.1 Å². The second-order valence-electron chi connectivity index (χ2n) is 7.99. The zero-order valence-electron chi connectivity index (χ0n) is 18.5. The summed E-state index contributed by atoms with van der Waals surface area (Å²) in [6.07, 6.45) is 0. The number of aryl methyl sites for hydroxylation is 3. The third-order valence-electron chi connectivity index (χ3n) is 5.96. The van der Waals surface area contributed by atoms with Gasteiger partial charge in [-0.05, 0) is 61.0 Å². The van der Waals surface area contributed by atoms with E-state index in [1.54, 1.807) is 7.11 Å². The number of ether oxygens (including phenoxy) is 1. The molecule has 0 saturated carbocycles. The van der Waals surface area contributed by atoms with Crippen LogP contribution in [-0.4, -0.2) is 27.4 Å². The minimum absolute atomic E-state index is 0.164. The van der Waals surface area contributed by atoms with Crippen LogP contribution >= 0.6 is 0 Å². The number of nitrogens with one attached hydrogen (secondary N) is 1. The molecule has 0 radical (unpaired) electrons. The summed E-state index contributed by atoms with van der Waals surface area (Å²) < 4.78 is 9.30. The fraction of sp³-hybridized carbons (Fsp3) is 0.154. The first-order chi connectivity index (χ1) is 15.5. The van der Waals surface area contributed by atoms with E-state index in [9.17, 15) is 4.79 Å². The number of aromatic nitrogens is 3. The van der Waals surface area contributed by atoms with Crippen LogP contribution < -0.4 is 10.1 Å². The molecule has 2 heterocycles. The molecule has 0 unspecified atom stereocenters. The molecule has 1 N–H and O–H groups in total. The minimum atomic E-state index is -0.164.